The van der Waals surface area contributed by atoms with Crippen LogP contribution in [0.3, 0.4) is 0 Å². The Morgan fingerprint density at radius 2 is 2.00 bits per heavy atom. The van der Waals surface area contributed by atoms with Gasteiger partial charge < -0.3 is 15.3 Å². The number of sulfone groups is 1. The maximum absolute atomic E-state index is 12.0. The molecular formula is C12H20N2O3S. The SMILES string of the molecule is CN(C)c1cccc(S(=O)(=O)CCNCCO)c1. The van der Waals surface area contributed by atoms with Crippen LogP contribution in [-0.4, -0.2) is 53.1 Å². The Balaban J connectivity index is 2.75. The summed E-state index contributed by atoms with van der Waals surface area (Å²) >= 11 is 0. The maximum Gasteiger partial charge on any atom is 0.179 e. The van der Waals surface area contributed by atoms with E-state index in [1.54, 1.807) is 18.2 Å². The zero-order valence-electron chi connectivity index (χ0n) is 10.8. The third-order valence-corrected chi connectivity index (χ3v) is 4.24. The van der Waals surface area contributed by atoms with Crippen molar-refractivity contribution < 1.29 is 13.5 Å². The first-order valence-corrected chi connectivity index (χ1v) is 7.44. The predicted octanol–water partition coefficient (Wildman–Crippen LogP) is 0.108. The van der Waals surface area contributed by atoms with Crippen molar-refractivity contribution in [3.63, 3.8) is 0 Å². The smallest absolute Gasteiger partial charge is 0.179 e. The van der Waals surface area contributed by atoms with Crippen LogP contribution in [0.2, 0.25) is 0 Å². The minimum Gasteiger partial charge on any atom is -0.395 e. The van der Waals surface area contributed by atoms with Gasteiger partial charge >= 0.3 is 0 Å². The molecule has 0 saturated heterocycles. The molecule has 0 aliphatic rings. The highest BCUT2D eigenvalue weighted by Gasteiger charge is 2.14. The van der Waals surface area contributed by atoms with Gasteiger partial charge in [-0.1, -0.05) is 6.07 Å². The van der Waals surface area contributed by atoms with Crippen LogP contribution in [0.25, 0.3) is 0 Å². The molecule has 2 N–H and O–H groups in total. The van der Waals surface area contributed by atoms with E-state index in [9.17, 15) is 8.42 Å². The average Bonchev–Trinajstić information content (AvgIpc) is 2.35. The maximum atomic E-state index is 12.0. The standard InChI is InChI=1S/C12H20N2O3S/c1-14(2)11-4-3-5-12(10-11)18(16,17)9-7-13-6-8-15/h3-5,10,13,15H,6-9H2,1-2H3. The van der Waals surface area contributed by atoms with Crippen molar-refractivity contribution in [2.45, 2.75) is 4.90 Å². The average molecular weight is 272 g/mol. The van der Waals surface area contributed by atoms with E-state index in [0.717, 1.165) is 5.69 Å². The van der Waals surface area contributed by atoms with Crippen LogP contribution in [0.1, 0.15) is 0 Å². The quantitative estimate of drug-likeness (QED) is 0.689. The van der Waals surface area contributed by atoms with Gasteiger partial charge in [0.2, 0.25) is 0 Å². The summed E-state index contributed by atoms with van der Waals surface area (Å²) in [7, 11) is 0.472. The lowest BCUT2D eigenvalue weighted by Gasteiger charge is -2.13. The minimum atomic E-state index is -3.27. The molecule has 1 rings (SSSR count). The zero-order chi connectivity index (χ0) is 13.6. The molecule has 0 aromatic heterocycles. The number of rotatable bonds is 7. The van der Waals surface area contributed by atoms with Crippen molar-refractivity contribution >= 4 is 15.5 Å². The molecule has 0 unspecified atom stereocenters. The summed E-state index contributed by atoms with van der Waals surface area (Å²) in [4.78, 5) is 2.20. The van der Waals surface area contributed by atoms with E-state index in [-0.39, 0.29) is 12.4 Å². The van der Waals surface area contributed by atoms with Crippen LogP contribution in [0.5, 0.6) is 0 Å². The number of aliphatic hydroxyl groups excluding tert-OH is 1. The minimum absolute atomic E-state index is 0.0101. The Morgan fingerprint density at radius 1 is 1.28 bits per heavy atom. The lowest BCUT2D eigenvalue weighted by molar-refractivity contribution is 0.293. The molecule has 6 heteroatoms. The highest BCUT2D eigenvalue weighted by molar-refractivity contribution is 7.91. The second-order valence-corrected chi connectivity index (χ2v) is 6.29. The zero-order valence-corrected chi connectivity index (χ0v) is 11.6. The summed E-state index contributed by atoms with van der Waals surface area (Å²) in [5.41, 5.74) is 0.861. The Bertz CT molecular complexity index is 472. The largest absolute Gasteiger partial charge is 0.395 e. The van der Waals surface area contributed by atoms with Crippen LogP contribution in [0.4, 0.5) is 5.69 Å². The molecule has 0 aliphatic heterocycles. The van der Waals surface area contributed by atoms with Gasteiger partial charge in [-0.2, -0.15) is 0 Å². The first-order valence-electron chi connectivity index (χ1n) is 5.79. The molecule has 0 aliphatic carbocycles. The molecule has 102 valence electrons. The number of benzene rings is 1. The highest BCUT2D eigenvalue weighted by Crippen LogP contribution is 2.18. The van der Waals surface area contributed by atoms with E-state index in [0.29, 0.717) is 18.0 Å². The van der Waals surface area contributed by atoms with Crippen molar-refractivity contribution in [1.29, 1.82) is 0 Å². The van der Waals surface area contributed by atoms with Crippen molar-refractivity contribution in [1.82, 2.24) is 5.32 Å². The van der Waals surface area contributed by atoms with Crippen molar-refractivity contribution in [3.05, 3.63) is 24.3 Å². The fourth-order valence-corrected chi connectivity index (χ4v) is 2.72. The number of nitrogens with one attached hydrogen (secondary N) is 1. The summed E-state index contributed by atoms with van der Waals surface area (Å²) in [6.07, 6.45) is 0. The van der Waals surface area contributed by atoms with E-state index < -0.39 is 9.84 Å². The number of nitrogens with zero attached hydrogens (tertiary/aromatic N) is 1. The third-order valence-electron chi connectivity index (χ3n) is 2.53. The van der Waals surface area contributed by atoms with Gasteiger partial charge in [-0.05, 0) is 18.2 Å². The number of hydrogen-bond acceptors (Lipinski definition) is 5. The van der Waals surface area contributed by atoms with E-state index >= 15 is 0 Å². The summed E-state index contributed by atoms with van der Waals surface area (Å²) < 4.78 is 24.1. The first kappa shape index (κ1) is 14.9. The van der Waals surface area contributed by atoms with Gasteiger partial charge in [-0.25, -0.2) is 8.42 Å². The van der Waals surface area contributed by atoms with Crippen LogP contribution in [-0.2, 0) is 9.84 Å². The second kappa shape index (κ2) is 6.72. The topological polar surface area (TPSA) is 69.6 Å². The highest BCUT2D eigenvalue weighted by atomic mass is 32.2. The van der Waals surface area contributed by atoms with Gasteiger partial charge in [-0.15, -0.1) is 0 Å². The van der Waals surface area contributed by atoms with Crippen LogP contribution < -0.4 is 10.2 Å². The Kier molecular flexibility index (Phi) is 5.58. The fraction of sp³-hybridized carbons (Fsp3) is 0.500. The van der Waals surface area contributed by atoms with Gasteiger partial charge in [0.15, 0.2) is 9.84 Å². The molecule has 0 atom stereocenters. The molecule has 0 bridgehead atoms. The molecule has 0 amide bonds. The van der Waals surface area contributed by atoms with Gasteiger partial charge in [0, 0.05) is 32.9 Å². The molecule has 5 nitrogen and oxygen atoms in total. The summed E-state index contributed by atoms with van der Waals surface area (Å²) in [5.74, 6) is 0.0316. The predicted molar refractivity (Wildman–Crippen MR) is 72.8 cm³/mol. The molecule has 0 fully saturated rings. The lowest BCUT2D eigenvalue weighted by Crippen LogP contribution is -2.25. The van der Waals surface area contributed by atoms with Gasteiger partial charge in [-0.3, -0.25) is 0 Å². The Labute approximate surface area is 108 Å². The Morgan fingerprint density at radius 3 is 2.61 bits per heavy atom. The van der Waals surface area contributed by atoms with Crippen LogP contribution in [0.15, 0.2) is 29.2 Å². The number of anilines is 1. The van der Waals surface area contributed by atoms with Gasteiger partial charge in [0.1, 0.15) is 0 Å². The second-order valence-electron chi connectivity index (χ2n) is 4.18. The van der Waals surface area contributed by atoms with Crippen molar-refractivity contribution in [2.75, 3.05) is 44.4 Å². The summed E-state index contributed by atoms with van der Waals surface area (Å²) in [5, 5.41) is 11.5. The first-order chi connectivity index (χ1) is 8.47. The van der Waals surface area contributed by atoms with E-state index in [1.165, 1.54) is 0 Å². The number of hydrogen-bond donors (Lipinski definition) is 2. The molecule has 18 heavy (non-hydrogen) atoms. The van der Waals surface area contributed by atoms with Gasteiger partial charge in [0.25, 0.3) is 0 Å². The monoisotopic (exact) mass is 272 g/mol. The fourth-order valence-electron chi connectivity index (χ4n) is 1.48. The van der Waals surface area contributed by atoms with Gasteiger partial charge in [0.05, 0.1) is 17.3 Å². The van der Waals surface area contributed by atoms with Crippen molar-refractivity contribution in [2.24, 2.45) is 0 Å². The number of aliphatic hydroxyl groups is 1. The normalized spacial score (nSPS) is 11.5. The summed E-state index contributed by atoms with van der Waals surface area (Å²) in [6.45, 7) is 0.762. The van der Waals surface area contributed by atoms with E-state index in [1.807, 2.05) is 25.1 Å². The molecule has 0 spiro atoms. The van der Waals surface area contributed by atoms with E-state index in [2.05, 4.69) is 5.32 Å². The van der Waals surface area contributed by atoms with Crippen LogP contribution in [0, 0.1) is 0 Å². The van der Waals surface area contributed by atoms with E-state index in [4.69, 9.17) is 5.11 Å². The molecule has 1 aromatic carbocycles. The molecule has 0 radical (unpaired) electrons. The Hall–Kier alpha value is -1.11. The van der Waals surface area contributed by atoms with Crippen molar-refractivity contribution in [3.8, 4) is 0 Å². The molecular weight excluding hydrogens is 252 g/mol. The van der Waals surface area contributed by atoms with Crippen LogP contribution >= 0.6 is 0 Å². The molecule has 1 aromatic rings. The molecule has 0 heterocycles. The lowest BCUT2D eigenvalue weighted by atomic mass is 10.3. The molecule has 0 saturated carbocycles. The third kappa shape index (κ3) is 4.29. The summed E-state index contributed by atoms with van der Waals surface area (Å²) in [6, 6.07) is 6.88.